The van der Waals surface area contributed by atoms with E-state index in [0.29, 0.717) is 17.0 Å². The van der Waals surface area contributed by atoms with Crippen molar-refractivity contribution in [1.82, 2.24) is 14.3 Å². The molecule has 0 fully saturated rings. The molecule has 3 rings (SSSR count). The van der Waals surface area contributed by atoms with Crippen molar-refractivity contribution in [1.29, 1.82) is 0 Å². The van der Waals surface area contributed by atoms with Crippen LogP contribution in [0.25, 0.3) is 10.2 Å². The Balaban J connectivity index is 2.10. The molecule has 2 aromatic heterocycles. The molecule has 0 atom stereocenters. The minimum Gasteiger partial charge on any atom is -0.316 e. The molecule has 8 heteroatoms. The summed E-state index contributed by atoms with van der Waals surface area (Å²) in [4.78, 5) is 17.2. The standard InChI is InChI=1S/C16H17FN4OS2/c1-10-8-12(19-20(10)2)15(22)18-16-21(6-7-23-3)13-5-4-11(17)9-14(13)24-16/h4-5,8-9H,6-7H2,1-3H3. The lowest BCUT2D eigenvalue weighted by atomic mass is 10.3. The van der Waals surface area contributed by atoms with Crippen LogP contribution in [-0.4, -0.2) is 32.3 Å². The Morgan fingerprint density at radius 2 is 2.21 bits per heavy atom. The maximum atomic E-state index is 13.5. The van der Waals surface area contributed by atoms with E-state index in [1.807, 2.05) is 17.7 Å². The lowest BCUT2D eigenvalue weighted by molar-refractivity contribution is 0.0992. The zero-order chi connectivity index (χ0) is 17.3. The number of halogens is 1. The largest absolute Gasteiger partial charge is 0.316 e. The van der Waals surface area contributed by atoms with Crippen molar-refractivity contribution in [3.8, 4) is 0 Å². The van der Waals surface area contributed by atoms with Gasteiger partial charge in [-0.05, 0) is 37.4 Å². The number of benzene rings is 1. The number of nitrogens with zero attached hydrogens (tertiary/aromatic N) is 4. The molecule has 24 heavy (non-hydrogen) atoms. The van der Waals surface area contributed by atoms with E-state index in [2.05, 4.69) is 10.1 Å². The van der Waals surface area contributed by atoms with Gasteiger partial charge >= 0.3 is 0 Å². The molecule has 0 unspecified atom stereocenters. The Morgan fingerprint density at radius 1 is 1.42 bits per heavy atom. The van der Waals surface area contributed by atoms with Crippen molar-refractivity contribution in [2.75, 3.05) is 12.0 Å². The zero-order valence-corrected chi connectivity index (χ0v) is 15.2. The Labute approximate surface area is 146 Å². The van der Waals surface area contributed by atoms with Gasteiger partial charge in [-0.3, -0.25) is 9.48 Å². The summed E-state index contributed by atoms with van der Waals surface area (Å²) in [7, 11) is 1.78. The van der Waals surface area contributed by atoms with Gasteiger partial charge in [-0.15, -0.1) is 0 Å². The molecule has 3 aromatic rings. The minimum atomic E-state index is -0.386. The first kappa shape index (κ1) is 16.9. The van der Waals surface area contributed by atoms with Gasteiger partial charge in [0.1, 0.15) is 5.82 Å². The van der Waals surface area contributed by atoms with Crippen LogP contribution in [0.5, 0.6) is 0 Å². The molecule has 1 amide bonds. The van der Waals surface area contributed by atoms with E-state index in [1.165, 1.54) is 23.5 Å². The Hall–Kier alpha value is -1.93. The van der Waals surface area contributed by atoms with Crippen LogP contribution < -0.4 is 4.80 Å². The monoisotopic (exact) mass is 364 g/mol. The molecule has 1 aromatic carbocycles. The van der Waals surface area contributed by atoms with Crippen LogP contribution in [0.2, 0.25) is 0 Å². The first-order valence-electron chi connectivity index (χ1n) is 7.37. The lowest BCUT2D eigenvalue weighted by Gasteiger charge is -2.03. The molecule has 0 saturated carbocycles. The number of aromatic nitrogens is 3. The van der Waals surface area contributed by atoms with Gasteiger partial charge in [0.25, 0.3) is 5.91 Å². The molecule has 5 nitrogen and oxygen atoms in total. The summed E-state index contributed by atoms with van der Waals surface area (Å²) in [5.74, 6) is 0.204. The summed E-state index contributed by atoms with van der Waals surface area (Å²) in [5.41, 5.74) is 2.09. The van der Waals surface area contributed by atoms with E-state index in [-0.39, 0.29) is 11.7 Å². The molecule has 0 aliphatic heterocycles. The van der Waals surface area contributed by atoms with E-state index in [9.17, 15) is 9.18 Å². The van der Waals surface area contributed by atoms with Gasteiger partial charge in [0.15, 0.2) is 10.5 Å². The van der Waals surface area contributed by atoms with Gasteiger partial charge in [-0.2, -0.15) is 21.9 Å². The molecule has 126 valence electrons. The summed E-state index contributed by atoms with van der Waals surface area (Å²) in [6.45, 7) is 2.59. The van der Waals surface area contributed by atoms with Crippen LogP contribution in [0, 0.1) is 12.7 Å². The van der Waals surface area contributed by atoms with Crippen molar-refractivity contribution >= 4 is 39.2 Å². The van der Waals surface area contributed by atoms with Gasteiger partial charge in [0.05, 0.1) is 10.2 Å². The number of thioether (sulfide) groups is 1. The third-order valence-electron chi connectivity index (χ3n) is 3.69. The van der Waals surface area contributed by atoms with Crippen LogP contribution in [0.4, 0.5) is 4.39 Å². The topological polar surface area (TPSA) is 52.2 Å². The lowest BCUT2D eigenvalue weighted by Crippen LogP contribution is -2.18. The highest BCUT2D eigenvalue weighted by Crippen LogP contribution is 2.19. The third-order valence-corrected chi connectivity index (χ3v) is 5.33. The van der Waals surface area contributed by atoms with Crippen LogP contribution in [0.3, 0.4) is 0 Å². The van der Waals surface area contributed by atoms with Gasteiger partial charge in [0.2, 0.25) is 0 Å². The highest BCUT2D eigenvalue weighted by atomic mass is 32.2. The molecule has 0 aliphatic rings. The molecular weight excluding hydrogens is 347 g/mol. The van der Waals surface area contributed by atoms with Crippen molar-refractivity contribution in [3.63, 3.8) is 0 Å². The van der Waals surface area contributed by atoms with E-state index >= 15 is 0 Å². The number of aryl methyl sites for hydroxylation is 3. The number of hydrogen-bond acceptors (Lipinski definition) is 4. The Kier molecular flexibility index (Phi) is 4.86. The van der Waals surface area contributed by atoms with Crippen molar-refractivity contribution in [2.45, 2.75) is 13.5 Å². The number of hydrogen-bond donors (Lipinski definition) is 0. The molecule has 0 saturated heterocycles. The quantitative estimate of drug-likeness (QED) is 0.715. The minimum absolute atomic E-state index is 0.293. The normalized spacial score (nSPS) is 12.2. The fourth-order valence-corrected chi connectivity index (χ4v) is 3.78. The first-order chi connectivity index (χ1) is 11.5. The van der Waals surface area contributed by atoms with E-state index in [0.717, 1.165) is 21.7 Å². The predicted octanol–water partition coefficient (Wildman–Crippen LogP) is 2.99. The van der Waals surface area contributed by atoms with Crippen molar-refractivity contribution in [2.24, 2.45) is 12.0 Å². The van der Waals surface area contributed by atoms with Crippen molar-refractivity contribution in [3.05, 3.63) is 46.3 Å². The maximum Gasteiger partial charge on any atom is 0.300 e. The molecular formula is C16H17FN4OS2. The smallest absolute Gasteiger partial charge is 0.300 e. The van der Waals surface area contributed by atoms with Crippen LogP contribution >= 0.6 is 23.1 Å². The SMILES string of the molecule is CSCCn1c(=NC(=O)c2cc(C)n(C)n2)sc2cc(F)ccc21. The number of rotatable bonds is 4. The summed E-state index contributed by atoms with van der Waals surface area (Å²) in [5, 5.41) is 4.17. The molecule has 0 bridgehead atoms. The number of fused-ring (bicyclic) bond motifs is 1. The highest BCUT2D eigenvalue weighted by Gasteiger charge is 2.12. The fourth-order valence-electron chi connectivity index (χ4n) is 2.34. The second-order valence-electron chi connectivity index (χ2n) is 5.35. The first-order valence-corrected chi connectivity index (χ1v) is 9.58. The molecule has 0 radical (unpaired) electrons. The molecule has 0 N–H and O–H groups in total. The zero-order valence-electron chi connectivity index (χ0n) is 13.6. The maximum absolute atomic E-state index is 13.5. The summed E-state index contributed by atoms with van der Waals surface area (Å²) in [6.07, 6.45) is 2.02. The third kappa shape index (κ3) is 3.29. The highest BCUT2D eigenvalue weighted by molar-refractivity contribution is 7.98. The number of carbonyl (C=O) groups is 1. The van der Waals surface area contributed by atoms with Crippen molar-refractivity contribution < 1.29 is 9.18 Å². The van der Waals surface area contributed by atoms with E-state index < -0.39 is 0 Å². The molecule has 0 spiro atoms. The average molecular weight is 364 g/mol. The van der Waals surface area contributed by atoms with E-state index in [4.69, 9.17) is 0 Å². The number of thiazole rings is 1. The van der Waals surface area contributed by atoms with Crippen LogP contribution in [-0.2, 0) is 13.6 Å². The second-order valence-corrected chi connectivity index (χ2v) is 7.35. The van der Waals surface area contributed by atoms with Crippen LogP contribution in [0.15, 0.2) is 29.3 Å². The van der Waals surface area contributed by atoms with Gasteiger partial charge in [-0.1, -0.05) is 11.3 Å². The Morgan fingerprint density at radius 3 is 2.88 bits per heavy atom. The summed E-state index contributed by atoms with van der Waals surface area (Å²) >= 11 is 3.02. The fraction of sp³-hybridized carbons (Fsp3) is 0.312. The summed E-state index contributed by atoms with van der Waals surface area (Å²) < 4.78 is 17.9. The molecule has 2 heterocycles. The van der Waals surface area contributed by atoms with Crippen LogP contribution in [0.1, 0.15) is 16.2 Å². The second kappa shape index (κ2) is 6.90. The predicted molar refractivity (Wildman–Crippen MR) is 96.0 cm³/mol. The average Bonchev–Trinajstić information content (AvgIpc) is 3.05. The van der Waals surface area contributed by atoms with Gasteiger partial charge in [0, 0.05) is 25.0 Å². The van der Waals surface area contributed by atoms with Gasteiger partial charge < -0.3 is 4.57 Å². The van der Waals surface area contributed by atoms with E-state index in [1.54, 1.807) is 35.6 Å². The Bertz CT molecular complexity index is 951. The number of carbonyl (C=O) groups excluding carboxylic acids is 1. The van der Waals surface area contributed by atoms with Gasteiger partial charge in [-0.25, -0.2) is 4.39 Å². The number of amides is 1. The molecule has 0 aliphatic carbocycles. The summed E-state index contributed by atoms with van der Waals surface area (Å²) in [6, 6.07) is 6.35.